The second kappa shape index (κ2) is 6.67. The third-order valence-corrected chi connectivity index (χ3v) is 7.86. The zero-order valence-corrected chi connectivity index (χ0v) is 18.6. The van der Waals surface area contributed by atoms with Gasteiger partial charge in [0.2, 0.25) is 11.8 Å². The molecule has 3 fully saturated rings. The molecular formula is C22H15Cl3FN3O3. The maximum Gasteiger partial charge on any atom is 0.250 e. The zero-order chi connectivity index (χ0) is 22.5. The highest BCUT2D eigenvalue weighted by molar-refractivity contribution is 6.38. The molecule has 4 aliphatic rings. The first-order valence-electron chi connectivity index (χ1n) is 10.2. The number of hydrogen-bond acceptors (Lipinski definition) is 4. The molecule has 0 aromatic heterocycles. The molecule has 0 radical (unpaired) electrons. The highest BCUT2D eigenvalue weighted by atomic mass is 35.5. The molecule has 4 unspecified atom stereocenters. The number of imide groups is 1. The quantitative estimate of drug-likeness (QED) is 0.603. The minimum atomic E-state index is -1.41. The number of amides is 3. The highest BCUT2D eigenvalue weighted by Gasteiger charge is 2.74. The van der Waals surface area contributed by atoms with Crippen LogP contribution in [0.15, 0.2) is 30.3 Å². The molecule has 4 heterocycles. The molecule has 2 aromatic rings. The summed E-state index contributed by atoms with van der Waals surface area (Å²) in [6, 6.07) is 6.42. The van der Waals surface area contributed by atoms with Crippen LogP contribution in [-0.2, 0) is 19.9 Å². The van der Waals surface area contributed by atoms with Crippen LogP contribution in [0.5, 0.6) is 0 Å². The van der Waals surface area contributed by atoms with Gasteiger partial charge in [-0.15, -0.1) is 0 Å². The van der Waals surface area contributed by atoms with Gasteiger partial charge in [0.15, 0.2) is 0 Å². The Bertz CT molecular complexity index is 1230. The van der Waals surface area contributed by atoms with Crippen LogP contribution in [0.4, 0.5) is 15.8 Å². The second-order valence-electron chi connectivity index (χ2n) is 8.58. The van der Waals surface area contributed by atoms with Crippen LogP contribution in [0, 0.1) is 17.7 Å². The van der Waals surface area contributed by atoms with Gasteiger partial charge >= 0.3 is 0 Å². The maximum absolute atomic E-state index is 14.0. The molecule has 0 bridgehead atoms. The van der Waals surface area contributed by atoms with E-state index in [1.807, 2.05) is 4.90 Å². The Morgan fingerprint density at radius 1 is 1.00 bits per heavy atom. The van der Waals surface area contributed by atoms with E-state index in [1.54, 1.807) is 6.07 Å². The van der Waals surface area contributed by atoms with Crippen molar-refractivity contribution in [2.75, 3.05) is 16.8 Å². The molecule has 6 nitrogen and oxygen atoms in total. The lowest BCUT2D eigenvalue weighted by atomic mass is 9.75. The summed E-state index contributed by atoms with van der Waals surface area (Å²) in [6.45, 7) is 0.557. The van der Waals surface area contributed by atoms with E-state index in [4.69, 9.17) is 34.8 Å². The third-order valence-electron chi connectivity index (χ3n) is 7.12. The van der Waals surface area contributed by atoms with Crippen molar-refractivity contribution in [2.24, 2.45) is 11.8 Å². The van der Waals surface area contributed by atoms with E-state index in [9.17, 15) is 18.8 Å². The Labute approximate surface area is 197 Å². The first kappa shape index (κ1) is 20.4. The number of fused-ring (bicyclic) bond motifs is 7. The number of rotatable bonds is 1. The van der Waals surface area contributed by atoms with E-state index < -0.39 is 40.9 Å². The molecule has 0 saturated carbocycles. The van der Waals surface area contributed by atoms with Gasteiger partial charge in [0.25, 0.3) is 5.91 Å². The summed E-state index contributed by atoms with van der Waals surface area (Å²) in [7, 11) is 0. The molecule has 0 aliphatic carbocycles. The number of hydrogen-bond donors (Lipinski definition) is 1. The number of benzene rings is 2. The van der Waals surface area contributed by atoms with E-state index in [2.05, 4.69) is 5.32 Å². The molecule has 164 valence electrons. The maximum atomic E-state index is 14.0. The lowest BCUT2D eigenvalue weighted by molar-refractivity contribution is -0.135. The predicted molar refractivity (Wildman–Crippen MR) is 117 cm³/mol. The Morgan fingerprint density at radius 3 is 2.50 bits per heavy atom. The molecular weight excluding hydrogens is 480 g/mol. The standard InChI is InChI=1S/C22H15Cl3FN3O3/c23-9-4-11(26)8-12(5-9)29-19(30)16-15-2-1-3-28(15)22(17(16)20(29)31)13-6-10(24)7-14(25)18(13)27-21(22)32/h4-8,15-17H,1-3H2,(H,27,32). The Balaban J connectivity index is 1.58. The number of carbonyl (C=O) groups excluding carboxylic acids is 3. The van der Waals surface area contributed by atoms with Crippen molar-refractivity contribution in [3.8, 4) is 0 Å². The van der Waals surface area contributed by atoms with Crippen LogP contribution in [0.2, 0.25) is 15.1 Å². The summed E-state index contributed by atoms with van der Waals surface area (Å²) in [4.78, 5) is 43.9. The minimum absolute atomic E-state index is 0.0573. The molecule has 1 spiro atoms. The van der Waals surface area contributed by atoms with E-state index in [0.717, 1.165) is 23.5 Å². The second-order valence-corrected chi connectivity index (χ2v) is 9.86. The molecule has 3 saturated heterocycles. The van der Waals surface area contributed by atoms with Crippen molar-refractivity contribution in [1.29, 1.82) is 0 Å². The summed E-state index contributed by atoms with van der Waals surface area (Å²) in [5.74, 6) is -3.82. The first-order chi connectivity index (χ1) is 15.2. The smallest absolute Gasteiger partial charge is 0.250 e. The average Bonchev–Trinajstić information content (AvgIpc) is 3.40. The van der Waals surface area contributed by atoms with Crippen LogP contribution < -0.4 is 10.2 Å². The monoisotopic (exact) mass is 493 g/mol. The van der Waals surface area contributed by atoms with Crippen molar-refractivity contribution in [3.63, 3.8) is 0 Å². The lowest BCUT2D eigenvalue weighted by Gasteiger charge is -2.36. The number of carbonyl (C=O) groups is 3. The van der Waals surface area contributed by atoms with Crippen molar-refractivity contribution in [1.82, 2.24) is 4.90 Å². The van der Waals surface area contributed by atoms with Crippen LogP contribution in [0.25, 0.3) is 0 Å². The van der Waals surface area contributed by atoms with E-state index in [1.165, 1.54) is 12.1 Å². The van der Waals surface area contributed by atoms with E-state index in [0.29, 0.717) is 29.2 Å². The largest absolute Gasteiger partial charge is 0.323 e. The van der Waals surface area contributed by atoms with Gasteiger partial charge in [-0.05, 0) is 49.7 Å². The fraction of sp³-hybridized carbons (Fsp3) is 0.318. The first-order valence-corrected chi connectivity index (χ1v) is 11.3. The molecule has 32 heavy (non-hydrogen) atoms. The fourth-order valence-electron chi connectivity index (χ4n) is 6.15. The SMILES string of the molecule is O=C1C2C3CCCN3C3(C(=O)Nc4c(Cl)cc(Cl)cc43)C2C(=O)N1c1cc(F)cc(Cl)c1. The highest BCUT2D eigenvalue weighted by Crippen LogP contribution is 2.61. The topological polar surface area (TPSA) is 69.7 Å². The molecule has 10 heteroatoms. The van der Waals surface area contributed by atoms with Crippen molar-refractivity contribution in [2.45, 2.75) is 24.4 Å². The van der Waals surface area contributed by atoms with Gasteiger partial charge in [-0.25, -0.2) is 9.29 Å². The zero-order valence-electron chi connectivity index (χ0n) is 16.4. The Morgan fingerprint density at radius 2 is 1.75 bits per heavy atom. The van der Waals surface area contributed by atoms with E-state index in [-0.39, 0.29) is 21.8 Å². The molecule has 4 atom stereocenters. The fourth-order valence-corrected chi connectivity index (χ4v) is 6.91. The van der Waals surface area contributed by atoms with Gasteiger partial charge in [-0.3, -0.25) is 19.3 Å². The van der Waals surface area contributed by atoms with Gasteiger partial charge < -0.3 is 5.32 Å². The number of nitrogens with zero attached hydrogens (tertiary/aromatic N) is 2. The number of nitrogens with one attached hydrogen (secondary N) is 1. The van der Waals surface area contributed by atoms with Gasteiger partial charge in [-0.1, -0.05) is 34.8 Å². The normalized spacial score (nSPS) is 30.8. The molecule has 3 amide bonds. The molecule has 2 aromatic carbocycles. The van der Waals surface area contributed by atoms with Crippen LogP contribution in [-0.4, -0.2) is 35.2 Å². The van der Waals surface area contributed by atoms with Gasteiger partial charge in [0.1, 0.15) is 11.4 Å². The Hall–Kier alpha value is -2.19. The Kier molecular flexibility index (Phi) is 4.25. The lowest BCUT2D eigenvalue weighted by Crippen LogP contribution is -2.54. The molecule has 4 aliphatic heterocycles. The summed E-state index contributed by atoms with van der Waals surface area (Å²) < 4.78 is 14.0. The summed E-state index contributed by atoms with van der Waals surface area (Å²) in [6.07, 6.45) is 1.44. The summed E-state index contributed by atoms with van der Waals surface area (Å²) in [5, 5.41) is 3.49. The molecule has 6 rings (SSSR count). The number of halogens is 4. The van der Waals surface area contributed by atoms with Crippen molar-refractivity contribution in [3.05, 3.63) is 56.8 Å². The molecule has 1 N–H and O–H groups in total. The van der Waals surface area contributed by atoms with Crippen molar-refractivity contribution >= 4 is 63.9 Å². The van der Waals surface area contributed by atoms with E-state index >= 15 is 0 Å². The van der Waals surface area contributed by atoms with Gasteiger partial charge in [0.05, 0.1) is 28.2 Å². The van der Waals surface area contributed by atoms with Crippen LogP contribution in [0.3, 0.4) is 0 Å². The van der Waals surface area contributed by atoms with Crippen LogP contribution >= 0.6 is 34.8 Å². The summed E-state index contributed by atoms with van der Waals surface area (Å²) in [5.41, 5.74) is -0.449. The van der Waals surface area contributed by atoms with Crippen LogP contribution in [0.1, 0.15) is 18.4 Å². The average molecular weight is 495 g/mol. The van der Waals surface area contributed by atoms with Gasteiger partial charge in [-0.2, -0.15) is 0 Å². The minimum Gasteiger partial charge on any atom is -0.323 e. The van der Waals surface area contributed by atoms with Gasteiger partial charge in [0, 0.05) is 21.7 Å². The predicted octanol–water partition coefficient (Wildman–Crippen LogP) is 4.22. The number of anilines is 2. The summed E-state index contributed by atoms with van der Waals surface area (Å²) >= 11 is 18.7. The van der Waals surface area contributed by atoms with Crippen molar-refractivity contribution < 1.29 is 18.8 Å². The third kappa shape index (κ3) is 2.37.